The van der Waals surface area contributed by atoms with Crippen molar-refractivity contribution in [2.45, 2.75) is 26.7 Å². The number of thiazole rings is 1. The fraction of sp³-hybridized carbons (Fsp3) is 0.211. The maximum absolute atomic E-state index is 13.8. The standard InChI is InChI=1S/C19H17F2N5O2S/c1-10-4-12(5-16(24-10)19(3,20)21)26-15-6-17(25-11(2)28)22-8-14(15)18-23-7-13(9-27)29-18/h4-9H,1-3H3,(H2,22,24,25,26,28). The van der Waals surface area contributed by atoms with Gasteiger partial charge in [-0.25, -0.2) is 9.97 Å². The molecular weight excluding hydrogens is 400 g/mol. The predicted octanol–water partition coefficient (Wildman–Crippen LogP) is 4.53. The summed E-state index contributed by atoms with van der Waals surface area (Å²) in [5.41, 5.74) is 1.47. The van der Waals surface area contributed by atoms with Crippen molar-refractivity contribution in [2.24, 2.45) is 0 Å². The Kier molecular flexibility index (Phi) is 5.64. The highest BCUT2D eigenvalue weighted by atomic mass is 32.1. The number of carbonyl (C=O) groups is 2. The molecule has 0 saturated carbocycles. The van der Waals surface area contributed by atoms with Crippen molar-refractivity contribution in [3.63, 3.8) is 0 Å². The molecule has 0 atom stereocenters. The minimum Gasteiger partial charge on any atom is -0.355 e. The molecule has 150 valence electrons. The van der Waals surface area contributed by atoms with Crippen LogP contribution in [0.25, 0.3) is 10.6 Å². The average molecular weight is 417 g/mol. The molecule has 0 spiro atoms. The molecule has 7 nitrogen and oxygen atoms in total. The first-order chi connectivity index (χ1) is 13.7. The van der Waals surface area contributed by atoms with Crippen molar-refractivity contribution in [3.8, 4) is 10.6 Å². The van der Waals surface area contributed by atoms with Crippen LogP contribution in [0.4, 0.5) is 26.0 Å². The number of aromatic nitrogens is 3. The van der Waals surface area contributed by atoms with Gasteiger partial charge in [-0.05, 0) is 19.1 Å². The van der Waals surface area contributed by atoms with Crippen molar-refractivity contribution in [1.82, 2.24) is 15.0 Å². The third kappa shape index (κ3) is 4.96. The first kappa shape index (κ1) is 20.5. The molecule has 1 amide bonds. The fourth-order valence-electron chi connectivity index (χ4n) is 2.56. The van der Waals surface area contributed by atoms with E-state index < -0.39 is 5.92 Å². The van der Waals surface area contributed by atoms with Gasteiger partial charge in [0, 0.05) is 43.7 Å². The number of anilines is 3. The van der Waals surface area contributed by atoms with Gasteiger partial charge in [0.05, 0.1) is 16.1 Å². The summed E-state index contributed by atoms with van der Waals surface area (Å²) in [6, 6.07) is 4.45. The molecule has 3 aromatic rings. The zero-order chi connectivity index (χ0) is 21.2. The molecule has 3 aromatic heterocycles. The van der Waals surface area contributed by atoms with Crippen LogP contribution >= 0.6 is 11.3 Å². The van der Waals surface area contributed by atoms with Gasteiger partial charge in [-0.15, -0.1) is 11.3 Å². The van der Waals surface area contributed by atoms with Gasteiger partial charge in [0.25, 0.3) is 5.92 Å². The number of hydrogen-bond acceptors (Lipinski definition) is 7. The monoisotopic (exact) mass is 417 g/mol. The van der Waals surface area contributed by atoms with Gasteiger partial charge in [-0.2, -0.15) is 8.78 Å². The second-order valence-corrected chi connectivity index (χ2v) is 7.44. The normalized spacial score (nSPS) is 11.2. The average Bonchev–Trinajstić information content (AvgIpc) is 3.09. The van der Waals surface area contributed by atoms with Crippen LogP contribution in [0.15, 0.2) is 30.6 Å². The Labute approximate surface area is 169 Å². The summed E-state index contributed by atoms with van der Waals surface area (Å²) in [5.74, 6) is -3.12. The maximum atomic E-state index is 13.8. The lowest BCUT2D eigenvalue weighted by atomic mass is 10.1. The number of halogens is 2. The van der Waals surface area contributed by atoms with E-state index in [1.165, 1.54) is 25.4 Å². The van der Waals surface area contributed by atoms with Crippen molar-refractivity contribution in [2.75, 3.05) is 10.6 Å². The van der Waals surface area contributed by atoms with Crippen LogP contribution in [0.3, 0.4) is 0 Å². The number of hydrogen-bond donors (Lipinski definition) is 2. The van der Waals surface area contributed by atoms with Gasteiger partial charge in [-0.3, -0.25) is 14.6 Å². The van der Waals surface area contributed by atoms with Crippen molar-refractivity contribution in [3.05, 3.63) is 46.9 Å². The second-order valence-electron chi connectivity index (χ2n) is 6.38. The number of pyridine rings is 2. The van der Waals surface area contributed by atoms with E-state index in [4.69, 9.17) is 0 Å². The van der Waals surface area contributed by atoms with E-state index in [1.807, 2.05) is 0 Å². The van der Waals surface area contributed by atoms with Crippen LogP contribution < -0.4 is 10.6 Å². The molecule has 0 aliphatic heterocycles. The molecule has 0 unspecified atom stereocenters. The summed E-state index contributed by atoms with van der Waals surface area (Å²) in [7, 11) is 0. The topological polar surface area (TPSA) is 96.9 Å². The first-order valence-electron chi connectivity index (χ1n) is 8.48. The Morgan fingerprint density at radius 2 is 1.97 bits per heavy atom. The van der Waals surface area contributed by atoms with Crippen LogP contribution in [0.2, 0.25) is 0 Å². The molecule has 0 aliphatic carbocycles. The number of alkyl halides is 2. The van der Waals surface area contributed by atoms with Gasteiger partial charge >= 0.3 is 0 Å². The van der Waals surface area contributed by atoms with Crippen LogP contribution in [0, 0.1) is 6.92 Å². The molecule has 3 heterocycles. The van der Waals surface area contributed by atoms with E-state index >= 15 is 0 Å². The highest BCUT2D eigenvalue weighted by molar-refractivity contribution is 7.16. The predicted molar refractivity (Wildman–Crippen MR) is 107 cm³/mol. The summed E-state index contributed by atoms with van der Waals surface area (Å²) >= 11 is 1.16. The highest BCUT2D eigenvalue weighted by Crippen LogP contribution is 2.35. The lowest BCUT2D eigenvalue weighted by molar-refractivity contribution is -0.114. The van der Waals surface area contributed by atoms with Gasteiger partial charge in [-0.1, -0.05) is 0 Å². The van der Waals surface area contributed by atoms with E-state index in [0.29, 0.717) is 38.8 Å². The molecular formula is C19H17F2N5O2S. The summed E-state index contributed by atoms with van der Waals surface area (Å²) in [5, 5.41) is 6.17. The van der Waals surface area contributed by atoms with Gasteiger partial charge in [0.1, 0.15) is 16.5 Å². The molecule has 0 bridgehead atoms. The smallest absolute Gasteiger partial charge is 0.287 e. The van der Waals surface area contributed by atoms with E-state index in [2.05, 4.69) is 25.6 Å². The summed E-state index contributed by atoms with van der Waals surface area (Å²) in [4.78, 5) is 35.1. The zero-order valence-electron chi connectivity index (χ0n) is 15.8. The van der Waals surface area contributed by atoms with Crippen LogP contribution in [0.1, 0.15) is 34.9 Å². The van der Waals surface area contributed by atoms with Gasteiger partial charge < -0.3 is 10.6 Å². The Morgan fingerprint density at radius 3 is 2.59 bits per heavy atom. The number of nitrogens with one attached hydrogen (secondary N) is 2. The molecule has 0 saturated heterocycles. The van der Waals surface area contributed by atoms with Gasteiger partial charge in [0.15, 0.2) is 6.29 Å². The third-order valence-corrected chi connectivity index (χ3v) is 4.72. The first-order valence-corrected chi connectivity index (χ1v) is 9.30. The van der Waals surface area contributed by atoms with E-state index in [-0.39, 0.29) is 17.4 Å². The van der Waals surface area contributed by atoms with Crippen molar-refractivity contribution in [1.29, 1.82) is 0 Å². The summed E-state index contributed by atoms with van der Waals surface area (Å²) in [6.45, 7) is 3.75. The quantitative estimate of drug-likeness (QED) is 0.572. The Hall–Kier alpha value is -3.27. The number of aldehydes is 1. The lowest BCUT2D eigenvalue weighted by Gasteiger charge is -2.16. The number of carbonyl (C=O) groups excluding carboxylic acids is 2. The SMILES string of the molecule is CC(=O)Nc1cc(Nc2cc(C)nc(C(C)(F)F)c2)c(-c2ncc(C=O)s2)cn1. The minimum atomic E-state index is -3.10. The fourth-order valence-corrected chi connectivity index (χ4v) is 3.32. The van der Waals surface area contributed by atoms with Crippen LogP contribution in [-0.4, -0.2) is 27.1 Å². The van der Waals surface area contributed by atoms with E-state index in [0.717, 1.165) is 18.3 Å². The zero-order valence-corrected chi connectivity index (χ0v) is 16.6. The Morgan fingerprint density at radius 1 is 1.21 bits per heavy atom. The lowest BCUT2D eigenvalue weighted by Crippen LogP contribution is -2.11. The van der Waals surface area contributed by atoms with E-state index in [1.54, 1.807) is 19.1 Å². The molecule has 10 heteroatoms. The molecule has 0 radical (unpaired) electrons. The van der Waals surface area contributed by atoms with Crippen molar-refractivity contribution >= 4 is 40.7 Å². The molecule has 3 rings (SSSR count). The number of amides is 1. The Balaban J connectivity index is 2.07. The van der Waals surface area contributed by atoms with Crippen molar-refractivity contribution < 1.29 is 18.4 Å². The van der Waals surface area contributed by atoms with Gasteiger partial charge in [0.2, 0.25) is 5.91 Å². The molecule has 29 heavy (non-hydrogen) atoms. The van der Waals surface area contributed by atoms with Crippen LogP contribution in [0.5, 0.6) is 0 Å². The Bertz CT molecular complexity index is 1080. The maximum Gasteiger partial charge on any atom is 0.287 e. The largest absolute Gasteiger partial charge is 0.355 e. The van der Waals surface area contributed by atoms with E-state index in [9.17, 15) is 18.4 Å². The minimum absolute atomic E-state index is 0.280. The second kappa shape index (κ2) is 8.00. The third-order valence-electron chi connectivity index (χ3n) is 3.76. The molecule has 0 aliphatic rings. The molecule has 0 aromatic carbocycles. The number of nitrogens with zero attached hydrogens (tertiary/aromatic N) is 3. The molecule has 0 fully saturated rings. The molecule has 2 N–H and O–H groups in total. The van der Waals surface area contributed by atoms with Crippen LogP contribution in [-0.2, 0) is 10.7 Å². The number of aryl methyl sites for hydroxylation is 1. The summed E-state index contributed by atoms with van der Waals surface area (Å²) < 4.78 is 27.5. The highest BCUT2D eigenvalue weighted by Gasteiger charge is 2.27. The number of rotatable bonds is 6. The summed E-state index contributed by atoms with van der Waals surface area (Å²) in [6.07, 6.45) is 3.62.